The molecule has 0 aliphatic carbocycles. The Morgan fingerprint density at radius 3 is 0.623 bits per heavy atom. The average Bonchev–Trinajstić information content (AvgIpc) is 1.63. The number of carboxylic acids is 4. The second kappa shape index (κ2) is 41.6. The number of pyridine rings is 2. The van der Waals surface area contributed by atoms with Crippen LogP contribution in [0.5, 0.6) is 23.0 Å². The number of aromatic nitrogens is 6. The van der Waals surface area contributed by atoms with Crippen molar-refractivity contribution in [2.24, 2.45) is 0 Å². The number of halogens is 4. The van der Waals surface area contributed by atoms with E-state index in [1.807, 2.05) is 36.4 Å². The van der Waals surface area contributed by atoms with Crippen LogP contribution in [0.1, 0.15) is 86.5 Å². The van der Waals surface area contributed by atoms with E-state index in [1.165, 1.54) is 46.7 Å². The van der Waals surface area contributed by atoms with Crippen molar-refractivity contribution in [3.63, 3.8) is 0 Å². The number of nitrogens with zero attached hydrogens (tertiary/aromatic N) is 6. The molecule has 22 nitrogen and oxygen atoms in total. The second-order valence-electron chi connectivity index (χ2n) is 24.6. The molecule has 0 amide bonds. The fourth-order valence-electron chi connectivity index (χ4n) is 12.4. The Morgan fingerprint density at radius 1 is 0.298 bits per heavy atom. The molecule has 0 unspecified atom stereocenters. The van der Waals surface area contributed by atoms with Gasteiger partial charge < -0.3 is 58.6 Å². The van der Waals surface area contributed by atoms with Crippen molar-refractivity contribution in [3.05, 3.63) is 318 Å². The Labute approximate surface area is 695 Å². The minimum absolute atomic E-state index is 0. The minimum atomic E-state index is -1.20. The minimum Gasteiger partial charge on any atom is -0.550 e. The number of methoxy groups -OCH3 is 4. The van der Waals surface area contributed by atoms with Crippen molar-refractivity contribution in [1.82, 2.24) is 28.2 Å². The predicted octanol–water partition coefficient (Wildman–Crippen LogP) is 12.5. The molecule has 0 saturated carbocycles. The largest absolute Gasteiger partial charge is 2.00 e. The first-order chi connectivity index (χ1) is 53.7. The number of carbonyl (C=O) groups is 8. The normalized spacial score (nSPS) is 10.4. The molecule has 0 aliphatic rings. The topological polar surface area (TPSA) is 311 Å². The standard InChI is InChI=1S/4C19H16ClNO4.2C5H5N.2Cu/c4*1-11-15(10-18(22)23)16-9-14(25-2)7-8-17(16)21(11)19(24)12-3-5-13(20)6-4-12;2*1-2-4-6-5-3-1;;/h4*3-9H,10H2,1-2H3,(H,22,23);2*1-5H;;/q;;;;;;2*+2/p-4. The van der Waals surface area contributed by atoms with Gasteiger partial charge in [-0.2, -0.15) is 0 Å². The van der Waals surface area contributed by atoms with E-state index in [0.717, 1.165) is 0 Å². The first-order valence-electron chi connectivity index (χ1n) is 34.1. The van der Waals surface area contributed by atoms with Crippen molar-refractivity contribution in [3.8, 4) is 23.0 Å². The predicted molar refractivity (Wildman–Crippen MR) is 421 cm³/mol. The van der Waals surface area contributed by atoms with Crippen molar-refractivity contribution in [2.75, 3.05) is 28.4 Å². The maximum atomic E-state index is 13.0. The Morgan fingerprint density at radius 2 is 0.482 bits per heavy atom. The molecular weight excluding hydrogens is 1640 g/mol. The van der Waals surface area contributed by atoms with Gasteiger partial charge in [-0.3, -0.25) is 47.4 Å². The summed E-state index contributed by atoms with van der Waals surface area (Å²) in [5.41, 5.74) is 8.72. The van der Waals surface area contributed by atoms with Crippen molar-refractivity contribution >= 4 is 138 Å². The van der Waals surface area contributed by atoms with Crippen molar-refractivity contribution in [1.29, 1.82) is 0 Å². The Balaban J connectivity index is 0.000000199. The Kier molecular flexibility index (Phi) is 32.6. The smallest absolute Gasteiger partial charge is 0.550 e. The van der Waals surface area contributed by atoms with Crippen LogP contribution in [0.3, 0.4) is 0 Å². The molecule has 0 fully saturated rings. The third kappa shape index (κ3) is 21.9. The molecule has 0 aliphatic heterocycles. The first-order valence-corrected chi connectivity index (χ1v) is 35.6. The monoisotopic (exact) mass is 1710 g/mol. The zero-order chi connectivity index (χ0) is 81.0. The molecule has 8 aromatic carbocycles. The van der Waals surface area contributed by atoms with Crippen LogP contribution < -0.4 is 39.4 Å². The van der Waals surface area contributed by atoms with Crippen LogP contribution >= 0.6 is 46.4 Å². The number of carboxylic acid groups (broad SMARTS) is 4. The summed E-state index contributed by atoms with van der Waals surface area (Å²) in [6.07, 6.45) is 5.87. The summed E-state index contributed by atoms with van der Waals surface area (Å²) in [5, 5.41) is 49.4. The van der Waals surface area contributed by atoms with Crippen LogP contribution in [0.4, 0.5) is 0 Å². The molecule has 14 aromatic rings. The summed E-state index contributed by atoms with van der Waals surface area (Å²) in [7, 11) is 6.12. The second-order valence-corrected chi connectivity index (χ2v) is 26.4. The SMILES string of the molecule is COc1ccc2c(c1)c(CC(=O)[O-])c(C)n2C(=O)c1ccc(Cl)cc1.COc1ccc2c(c1)c(CC(=O)[O-])c(C)n2C(=O)c1ccc(Cl)cc1.COc1ccc2c(c1)c(CC(=O)[O-])c(C)n2C(=O)c1ccc(Cl)cc1.COc1ccc2c(c1)c(CC(=O)[O-])c(C)n2C(=O)c1ccc(Cl)cc1.[Cu+2].[Cu+2].c1ccncc1.c1ccncc1. The van der Waals surface area contributed by atoms with Crippen LogP contribution in [-0.2, 0) is 79.0 Å². The van der Waals surface area contributed by atoms with Gasteiger partial charge in [0.2, 0.25) is 0 Å². The molecule has 590 valence electrons. The van der Waals surface area contributed by atoms with Gasteiger partial charge in [-0.1, -0.05) is 58.5 Å². The fraction of sp³-hybridized carbons (Fsp3) is 0.140. The van der Waals surface area contributed by atoms with Gasteiger partial charge in [-0.15, -0.1) is 0 Å². The molecule has 0 bridgehead atoms. The van der Waals surface area contributed by atoms with Crippen LogP contribution in [0.2, 0.25) is 20.1 Å². The van der Waals surface area contributed by atoms with Gasteiger partial charge in [0.05, 0.1) is 50.5 Å². The van der Waals surface area contributed by atoms with Crippen LogP contribution in [0.15, 0.2) is 231 Å². The van der Waals surface area contributed by atoms with Gasteiger partial charge in [-0.25, -0.2) is 0 Å². The zero-order valence-corrected chi connectivity index (χ0v) is 67.0. The molecule has 14 rings (SSSR count). The molecule has 0 N–H and O–H groups in total. The third-order valence-corrected chi connectivity index (χ3v) is 18.8. The van der Waals surface area contributed by atoms with Gasteiger partial charge >= 0.3 is 34.1 Å². The number of hydrogen-bond donors (Lipinski definition) is 0. The Bertz CT molecular complexity index is 5050. The van der Waals surface area contributed by atoms with E-state index in [-0.39, 0.29) is 83.4 Å². The molecule has 2 radical (unpaired) electrons. The Hall–Kier alpha value is -11.8. The number of hydrogen-bond acceptors (Lipinski definition) is 18. The summed E-state index contributed by atoms with van der Waals surface area (Å²) < 4.78 is 26.9. The first kappa shape index (κ1) is 89.4. The summed E-state index contributed by atoms with van der Waals surface area (Å²) >= 11 is 23.5. The van der Waals surface area contributed by atoms with E-state index in [9.17, 15) is 58.8 Å². The molecule has 28 heteroatoms. The summed E-state index contributed by atoms with van der Waals surface area (Å²) in [4.78, 5) is 104. The quantitative estimate of drug-likeness (QED) is 0.0811. The molecule has 114 heavy (non-hydrogen) atoms. The molecule has 6 heterocycles. The number of aliphatic carboxylic acids is 4. The number of fused-ring (bicyclic) bond motifs is 4. The summed E-state index contributed by atoms with van der Waals surface area (Å²) in [5.74, 6) is -3.50. The number of rotatable bonds is 16. The van der Waals surface area contributed by atoms with E-state index in [2.05, 4.69) is 9.97 Å². The summed E-state index contributed by atoms with van der Waals surface area (Å²) in [6, 6.07) is 58.5. The molecule has 0 saturated heterocycles. The van der Waals surface area contributed by atoms with Crippen LogP contribution in [0, 0.1) is 27.7 Å². The average molecular weight is 1710 g/mol. The van der Waals surface area contributed by atoms with E-state index >= 15 is 0 Å². The maximum Gasteiger partial charge on any atom is 2.00 e. The van der Waals surface area contributed by atoms with Gasteiger partial charge in [0.1, 0.15) is 23.0 Å². The summed E-state index contributed by atoms with van der Waals surface area (Å²) in [6.45, 7) is 6.88. The fourth-order valence-corrected chi connectivity index (χ4v) is 12.9. The van der Waals surface area contributed by atoms with E-state index in [1.54, 1.807) is 222 Å². The van der Waals surface area contributed by atoms with E-state index in [0.29, 0.717) is 154 Å². The van der Waals surface area contributed by atoms with Gasteiger partial charge in [-0.05, 0) is 244 Å². The van der Waals surface area contributed by atoms with Gasteiger partial charge in [0, 0.05) is 161 Å². The zero-order valence-electron chi connectivity index (χ0n) is 62.1. The maximum absolute atomic E-state index is 13.0. The molecule has 0 spiro atoms. The molecule has 6 aromatic heterocycles. The molecule has 0 atom stereocenters. The van der Waals surface area contributed by atoms with Crippen LogP contribution in [-0.4, -0.2) is 104 Å². The van der Waals surface area contributed by atoms with Crippen LogP contribution in [0.25, 0.3) is 43.6 Å². The van der Waals surface area contributed by atoms with E-state index in [4.69, 9.17) is 65.4 Å². The van der Waals surface area contributed by atoms with Crippen molar-refractivity contribution in [2.45, 2.75) is 53.4 Å². The van der Waals surface area contributed by atoms with Gasteiger partial charge in [0.25, 0.3) is 23.6 Å². The molecular formula is C86H70Cl4Cu2N6O16. The van der Waals surface area contributed by atoms with Gasteiger partial charge in [0.15, 0.2) is 0 Å². The number of benzene rings is 8. The van der Waals surface area contributed by atoms with Crippen molar-refractivity contribution < 1.29 is 112 Å². The number of carbonyl (C=O) groups excluding carboxylic acids is 8. The third-order valence-electron chi connectivity index (χ3n) is 17.8. The van der Waals surface area contributed by atoms with E-state index < -0.39 is 23.9 Å². The number of ether oxygens (including phenoxy) is 4.